The zero-order chi connectivity index (χ0) is 24.2. The third-order valence-corrected chi connectivity index (χ3v) is 7.21. The summed E-state index contributed by atoms with van der Waals surface area (Å²) in [6, 6.07) is 2.17. The van der Waals surface area contributed by atoms with Crippen LogP contribution in [0, 0.1) is 5.41 Å². The predicted molar refractivity (Wildman–Crippen MR) is 133 cm³/mol. The zero-order valence-electron chi connectivity index (χ0n) is 20.4. The maximum Gasteiger partial charge on any atom is 0.244 e. The number of likely N-dealkylation sites (tertiary alicyclic amines) is 1. The largest absolute Gasteiger partial charge is 0.343 e. The number of ketones is 1. The Kier molecular flexibility index (Phi) is 5.54. The molecule has 2 fully saturated rings. The Balaban J connectivity index is 1.45. The van der Waals surface area contributed by atoms with Gasteiger partial charge in [-0.15, -0.1) is 0 Å². The van der Waals surface area contributed by atoms with Crippen molar-refractivity contribution in [1.82, 2.24) is 34.5 Å². The van der Waals surface area contributed by atoms with Gasteiger partial charge in [-0.1, -0.05) is 6.92 Å². The van der Waals surface area contributed by atoms with Crippen LogP contribution in [0.2, 0.25) is 0 Å². The van der Waals surface area contributed by atoms with Crippen LogP contribution in [0.5, 0.6) is 0 Å². The highest BCUT2D eigenvalue weighted by Crippen LogP contribution is 2.58. The topological polar surface area (TPSA) is 97.1 Å². The minimum Gasteiger partial charge on any atom is -0.343 e. The van der Waals surface area contributed by atoms with Gasteiger partial charge < -0.3 is 9.80 Å². The third-order valence-electron chi connectivity index (χ3n) is 7.21. The van der Waals surface area contributed by atoms with Gasteiger partial charge in [-0.25, -0.2) is 9.97 Å². The van der Waals surface area contributed by atoms with Crippen LogP contribution < -0.4 is 0 Å². The van der Waals surface area contributed by atoms with Gasteiger partial charge in [0.05, 0.1) is 31.7 Å². The molecule has 1 aliphatic carbocycles. The first kappa shape index (κ1) is 22.7. The first-order valence-corrected chi connectivity index (χ1v) is 11.8. The molecule has 3 aromatic rings. The molecule has 0 radical (unpaired) electrons. The smallest absolute Gasteiger partial charge is 0.244 e. The van der Waals surface area contributed by atoms with Gasteiger partial charge in [-0.05, 0) is 44.4 Å². The van der Waals surface area contributed by atoms with E-state index in [0.29, 0.717) is 34.9 Å². The van der Waals surface area contributed by atoms with E-state index < -0.39 is 0 Å². The van der Waals surface area contributed by atoms with Gasteiger partial charge >= 0.3 is 0 Å². The fourth-order valence-electron chi connectivity index (χ4n) is 5.32. The second-order valence-corrected chi connectivity index (χ2v) is 10.2. The maximum absolute atomic E-state index is 13.3. The van der Waals surface area contributed by atoms with Crippen molar-refractivity contribution in [2.45, 2.75) is 51.8 Å². The van der Waals surface area contributed by atoms with E-state index in [2.05, 4.69) is 39.6 Å². The summed E-state index contributed by atoms with van der Waals surface area (Å²) in [6.07, 6.45) is 7.32. The van der Waals surface area contributed by atoms with Crippen LogP contribution >= 0.6 is 0 Å². The Morgan fingerprint density at radius 1 is 1.21 bits per heavy atom. The van der Waals surface area contributed by atoms with E-state index in [1.54, 1.807) is 23.3 Å². The van der Waals surface area contributed by atoms with Crippen molar-refractivity contribution in [3.8, 4) is 11.3 Å². The summed E-state index contributed by atoms with van der Waals surface area (Å²) in [5.74, 6) is 0.926. The first-order valence-electron chi connectivity index (χ1n) is 11.8. The fraction of sp³-hybridized carbons (Fsp3) is 0.478. The van der Waals surface area contributed by atoms with Gasteiger partial charge in [0.15, 0.2) is 5.78 Å². The van der Waals surface area contributed by atoms with E-state index in [0.717, 1.165) is 31.4 Å². The van der Waals surface area contributed by atoms with Crippen LogP contribution in [0.15, 0.2) is 24.7 Å². The second-order valence-electron chi connectivity index (χ2n) is 10.2. The summed E-state index contributed by atoms with van der Waals surface area (Å²) < 4.78 is 1.63. The molecule has 4 heterocycles. The number of amides is 1. The highest BCUT2D eigenvalue weighted by atomic mass is 16.2. The van der Waals surface area contributed by atoms with Crippen LogP contribution in [0.25, 0.3) is 22.2 Å². The van der Waals surface area contributed by atoms with Gasteiger partial charge in [0, 0.05) is 36.3 Å². The van der Waals surface area contributed by atoms with E-state index in [-0.39, 0.29) is 29.6 Å². The number of nitrogens with zero attached hydrogens (tertiary/aromatic N) is 7. The van der Waals surface area contributed by atoms with Crippen LogP contribution in [0.4, 0.5) is 0 Å². The second kappa shape index (κ2) is 8.30. The van der Waals surface area contributed by atoms with E-state index >= 15 is 0 Å². The molecule has 1 saturated heterocycles. The minimum absolute atomic E-state index is 0.0616. The number of carbonyl (C=O) groups excluding carboxylic acids is 2. The van der Waals surface area contributed by atoms with Crippen molar-refractivity contribution in [3.05, 3.63) is 36.2 Å². The average molecular weight is 457 g/mol. The number of pyridine rings is 1. The average Bonchev–Trinajstić information content (AvgIpc) is 3.17. The lowest BCUT2D eigenvalue weighted by Crippen LogP contribution is -2.43. The molecular weight excluding hydrogens is 428 g/mol. The number of Topliss-reactive ketones (excluding diaryl/α,β-unsaturated/α-hetero) is 1. The van der Waals surface area contributed by atoms with Gasteiger partial charge in [0.25, 0.3) is 0 Å². The number of fused-ring (bicyclic) bond motifs is 2. The summed E-state index contributed by atoms with van der Waals surface area (Å²) in [7, 11) is 7.02. The molecule has 9 nitrogen and oxygen atoms in total. The van der Waals surface area contributed by atoms with Crippen molar-refractivity contribution in [1.29, 1.82) is 0 Å². The standard InChI is InChI=1S/C23H29B2N7O2/c1-13(33)22-15-5-16(14-8-27-20(28-9-14)11-30(3)4)26-10-17(15)31(29-22)12-21(34)32-18-6-23(18,2)7-19(32)25-24/h5,8-10,18-19,25H,6-7,11-12,24H2,1-4H3/t18-,19+,23-/m1/s1. The molecule has 3 atom stereocenters. The molecule has 34 heavy (non-hydrogen) atoms. The van der Waals surface area contributed by atoms with E-state index in [9.17, 15) is 9.59 Å². The molecule has 5 rings (SSSR count). The van der Waals surface area contributed by atoms with Gasteiger partial charge in [0.1, 0.15) is 25.2 Å². The van der Waals surface area contributed by atoms with Gasteiger partial charge in [-0.3, -0.25) is 19.3 Å². The monoisotopic (exact) mass is 457 g/mol. The van der Waals surface area contributed by atoms with Crippen LogP contribution in [-0.4, -0.2) is 87.2 Å². The summed E-state index contributed by atoms with van der Waals surface area (Å²) in [5, 5.41) is 5.22. The van der Waals surface area contributed by atoms with Crippen molar-refractivity contribution in [2.75, 3.05) is 14.1 Å². The van der Waals surface area contributed by atoms with Crippen molar-refractivity contribution >= 4 is 37.5 Å². The molecule has 0 bridgehead atoms. The molecule has 2 aliphatic rings. The highest BCUT2D eigenvalue weighted by molar-refractivity contribution is 6.90. The molecular formula is C23H29B2N7O2. The van der Waals surface area contributed by atoms with E-state index in [1.807, 2.05) is 25.1 Å². The quantitative estimate of drug-likeness (QED) is 0.376. The molecule has 11 heteroatoms. The number of piperidine rings is 1. The van der Waals surface area contributed by atoms with Gasteiger partial charge in [-0.2, -0.15) is 5.10 Å². The Labute approximate surface area is 200 Å². The third kappa shape index (κ3) is 3.91. The zero-order valence-corrected chi connectivity index (χ0v) is 20.4. The molecule has 1 saturated carbocycles. The van der Waals surface area contributed by atoms with Crippen molar-refractivity contribution in [3.63, 3.8) is 0 Å². The van der Waals surface area contributed by atoms with Crippen LogP contribution in [0.3, 0.4) is 0 Å². The summed E-state index contributed by atoms with van der Waals surface area (Å²) >= 11 is 0. The lowest BCUT2D eigenvalue weighted by Gasteiger charge is -2.26. The minimum atomic E-state index is -0.145. The summed E-state index contributed by atoms with van der Waals surface area (Å²) in [4.78, 5) is 43.2. The summed E-state index contributed by atoms with van der Waals surface area (Å²) in [6.45, 7) is 4.53. The molecule has 1 aliphatic heterocycles. The Bertz CT molecular complexity index is 1280. The molecule has 0 N–H and O–H groups in total. The molecule has 1 amide bonds. The Morgan fingerprint density at radius 3 is 2.59 bits per heavy atom. The Morgan fingerprint density at radius 2 is 1.94 bits per heavy atom. The number of rotatable bonds is 7. The lowest BCUT2D eigenvalue weighted by atomic mass is 9.49. The molecule has 0 unspecified atom stereocenters. The molecule has 0 spiro atoms. The van der Waals surface area contributed by atoms with E-state index in [1.165, 1.54) is 6.92 Å². The lowest BCUT2D eigenvalue weighted by molar-refractivity contribution is -0.132. The van der Waals surface area contributed by atoms with Crippen molar-refractivity contribution < 1.29 is 9.59 Å². The SMILES string of the molecule is BB[C@@H]1C[C@@]2(C)C[C@H]2N1C(=O)Cn1nc(C(C)=O)c2cc(-c3cnc(CN(C)C)nc3)ncc21. The first-order chi connectivity index (χ1) is 16.2. The molecule has 3 aromatic heterocycles. The normalized spacial score (nSPS) is 23.4. The number of aromatic nitrogens is 5. The van der Waals surface area contributed by atoms with E-state index in [4.69, 9.17) is 0 Å². The fourth-order valence-corrected chi connectivity index (χ4v) is 5.32. The summed E-state index contributed by atoms with van der Waals surface area (Å²) in [5.41, 5.74) is 2.73. The number of hydrogen-bond acceptors (Lipinski definition) is 7. The number of carbonyl (C=O) groups is 2. The van der Waals surface area contributed by atoms with Gasteiger partial charge in [0.2, 0.25) is 5.91 Å². The highest BCUT2D eigenvalue weighted by Gasteiger charge is 2.61. The Hall–Kier alpha value is -3.07. The van der Waals surface area contributed by atoms with Crippen LogP contribution in [0.1, 0.15) is 43.0 Å². The maximum atomic E-state index is 13.3. The molecule has 0 aromatic carbocycles. The predicted octanol–water partition coefficient (Wildman–Crippen LogP) is 0.474. The number of hydrogen-bond donors (Lipinski definition) is 0. The van der Waals surface area contributed by atoms with Crippen molar-refractivity contribution in [2.24, 2.45) is 5.41 Å². The van der Waals surface area contributed by atoms with Crippen LogP contribution in [-0.2, 0) is 17.9 Å². The molecule has 174 valence electrons.